The Labute approximate surface area is 93.2 Å². The molecule has 1 aliphatic rings. The molecule has 0 aromatic carbocycles. The number of carbonyl (C=O) groups is 1. The maximum Gasteiger partial charge on any atom is 0.229 e. The fourth-order valence-corrected chi connectivity index (χ4v) is 1.94. The molecule has 1 heterocycles. The van der Waals surface area contributed by atoms with Crippen LogP contribution in [-0.4, -0.2) is 37.0 Å². The van der Waals surface area contributed by atoms with E-state index in [2.05, 4.69) is 26.1 Å². The van der Waals surface area contributed by atoms with Crippen LogP contribution in [0.15, 0.2) is 0 Å². The highest BCUT2D eigenvalue weighted by molar-refractivity contribution is 5.82. The van der Waals surface area contributed by atoms with E-state index >= 15 is 0 Å². The Morgan fingerprint density at radius 2 is 2.00 bits per heavy atom. The van der Waals surface area contributed by atoms with Crippen LogP contribution in [0.3, 0.4) is 0 Å². The van der Waals surface area contributed by atoms with Crippen LogP contribution in [0.4, 0.5) is 0 Å². The van der Waals surface area contributed by atoms with Gasteiger partial charge in [0.05, 0.1) is 5.41 Å². The van der Waals surface area contributed by atoms with E-state index in [9.17, 15) is 4.79 Å². The molecule has 0 unspecified atom stereocenters. The first kappa shape index (κ1) is 12.5. The summed E-state index contributed by atoms with van der Waals surface area (Å²) in [4.78, 5) is 14.2. The Hall–Kier alpha value is -0.570. The summed E-state index contributed by atoms with van der Waals surface area (Å²) in [6.45, 7) is 13.9. The van der Waals surface area contributed by atoms with Crippen LogP contribution in [-0.2, 0) is 4.79 Å². The minimum atomic E-state index is -0.262. The molecule has 0 radical (unpaired) electrons. The van der Waals surface area contributed by atoms with E-state index < -0.39 is 0 Å². The lowest BCUT2D eigenvalue weighted by Gasteiger charge is -2.33. The van der Waals surface area contributed by atoms with Crippen LogP contribution in [0, 0.1) is 10.8 Å². The summed E-state index contributed by atoms with van der Waals surface area (Å²) in [7, 11) is 0. The van der Waals surface area contributed by atoms with Gasteiger partial charge in [0.2, 0.25) is 5.91 Å². The second-order valence-electron chi connectivity index (χ2n) is 6.35. The van der Waals surface area contributed by atoms with Crippen LogP contribution >= 0.6 is 0 Å². The maximum absolute atomic E-state index is 12.2. The average molecular weight is 212 g/mol. The van der Waals surface area contributed by atoms with Gasteiger partial charge < -0.3 is 10.2 Å². The van der Waals surface area contributed by atoms with Gasteiger partial charge in [-0.05, 0) is 19.3 Å². The fourth-order valence-electron chi connectivity index (χ4n) is 1.94. The molecule has 0 spiro atoms. The maximum atomic E-state index is 12.2. The van der Waals surface area contributed by atoms with Crippen molar-refractivity contribution >= 4 is 5.91 Å². The van der Waals surface area contributed by atoms with Gasteiger partial charge >= 0.3 is 0 Å². The summed E-state index contributed by atoms with van der Waals surface area (Å²) < 4.78 is 0. The summed E-state index contributed by atoms with van der Waals surface area (Å²) >= 11 is 0. The molecule has 0 aromatic heterocycles. The van der Waals surface area contributed by atoms with E-state index in [1.54, 1.807) is 0 Å². The Morgan fingerprint density at radius 1 is 1.40 bits per heavy atom. The fraction of sp³-hybridized carbons (Fsp3) is 0.917. The third kappa shape index (κ3) is 3.49. The van der Waals surface area contributed by atoms with Crippen LogP contribution in [0.25, 0.3) is 0 Å². The molecule has 0 saturated carbocycles. The lowest BCUT2D eigenvalue weighted by Crippen LogP contribution is -2.45. The Kier molecular flexibility index (Phi) is 3.44. The molecule has 1 N–H and O–H groups in total. The number of nitrogens with zero attached hydrogens (tertiary/aromatic N) is 1. The molecule has 1 amide bonds. The SMILES string of the molecule is CC(C)(C)CN1CCNCC(C)(C)C1=O. The molecule has 15 heavy (non-hydrogen) atoms. The topological polar surface area (TPSA) is 32.3 Å². The number of hydrogen-bond donors (Lipinski definition) is 1. The molecule has 0 aliphatic carbocycles. The van der Waals surface area contributed by atoms with Gasteiger partial charge in [0, 0.05) is 26.2 Å². The summed E-state index contributed by atoms with van der Waals surface area (Å²) in [6.07, 6.45) is 0. The molecule has 1 fully saturated rings. The van der Waals surface area contributed by atoms with Gasteiger partial charge in [0.25, 0.3) is 0 Å². The highest BCUT2D eigenvalue weighted by atomic mass is 16.2. The first-order valence-corrected chi connectivity index (χ1v) is 5.72. The Balaban J connectivity index is 2.75. The van der Waals surface area contributed by atoms with Gasteiger partial charge in [0.15, 0.2) is 0 Å². The molecular weight excluding hydrogens is 188 g/mol. The number of carbonyl (C=O) groups excluding carboxylic acids is 1. The van der Waals surface area contributed by atoms with Crippen LogP contribution in [0.5, 0.6) is 0 Å². The van der Waals surface area contributed by atoms with Crippen molar-refractivity contribution in [1.29, 1.82) is 0 Å². The van der Waals surface area contributed by atoms with Crippen molar-refractivity contribution in [2.45, 2.75) is 34.6 Å². The third-order valence-electron chi connectivity index (χ3n) is 2.66. The van der Waals surface area contributed by atoms with E-state index in [-0.39, 0.29) is 16.7 Å². The number of rotatable bonds is 1. The van der Waals surface area contributed by atoms with Crippen molar-refractivity contribution < 1.29 is 4.79 Å². The Bertz CT molecular complexity index is 240. The molecule has 1 rings (SSSR count). The predicted octanol–water partition coefficient (Wildman–Crippen LogP) is 1.49. The van der Waals surface area contributed by atoms with Crippen molar-refractivity contribution in [1.82, 2.24) is 10.2 Å². The molecule has 1 saturated heterocycles. The quantitative estimate of drug-likeness (QED) is 0.714. The lowest BCUT2D eigenvalue weighted by atomic mass is 9.90. The summed E-state index contributed by atoms with van der Waals surface area (Å²) in [6, 6.07) is 0. The predicted molar refractivity (Wildman–Crippen MR) is 62.7 cm³/mol. The largest absolute Gasteiger partial charge is 0.340 e. The van der Waals surface area contributed by atoms with Gasteiger partial charge in [-0.15, -0.1) is 0 Å². The zero-order chi connectivity index (χ0) is 11.7. The van der Waals surface area contributed by atoms with E-state index in [1.807, 2.05) is 18.7 Å². The van der Waals surface area contributed by atoms with Gasteiger partial charge in [-0.25, -0.2) is 0 Å². The van der Waals surface area contributed by atoms with Gasteiger partial charge in [-0.1, -0.05) is 20.8 Å². The number of amides is 1. The molecule has 3 heteroatoms. The average Bonchev–Trinajstić information content (AvgIpc) is 2.16. The van der Waals surface area contributed by atoms with Gasteiger partial charge in [-0.3, -0.25) is 4.79 Å². The smallest absolute Gasteiger partial charge is 0.229 e. The zero-order valence-corrected chi connectivity index (χ0v) is 10.7. The van der Waals surface area contributed by atoms with Crippen molar-refractivity contribution in [3.05, 3.63) is 0 Å². The van der Waals surface area contributed by atoms with E-state index in [0.29, 0.717) is 0 Å². The Morgan fingerprint density at radius 3 is 2.53 bits per heavy atom. The molecule has 0 atom stereocenters. The van der Waals surface area contributed by atoms with E-state index in [0.717, 1.165) is 26.2 Å². The van der Waals surface area contributed by atoms with Gasteiger partial charge in [0.1, 0.15) is 0 Å². The number of hydrogen-bond acceptors (Lipinski definition) is 2. The van der Waals surface area contributed by atoms with Crippen LogP contribution in [0.1, 0.15) is 34.6 Å². The van der Waals surface area contributed by atoms with Crippen molar-refractivity contribution in [2.24, 2.45) is 10.8 Å². The normalized spacial score (nSPS) is 22.7. The van der Waals surface area contributed by atoms with E-state index in [1.165, 1.54) is 0 Å². The minimum Gasteiger partial charge on any atom is -0.340 e. The molecule has 1 aliphatic heterocycles. The monoisotopic (exact) mass is 212 g/mol. The first-order chi connectivity index (χ1) is 6.72. The van der Waals surface area contributed by atoms with Crippen LogP contribution in [0.2, 0.25) is 0 Å². The molecular formula is C12H24N2O. The second kappa shape index (κ2) is 4.12. The first-order valence-electron chi connectivity index (χ1n) is 5.72. The minimum absolute atomic E-state index is 0.177. The highest BCUT2D eigenvalue weighted by Crippen LogP contribution is 2.23. The number of nitrogens with one attached hydrogen (secondary N) is 1. The van der Waals surface area contributed by atoms with Crippen LogP contribution < -0.4 is 5.32 Å². The standard InChI is InChI=1S/C12H24N2O/c1-11(2,3)9-14-7-6-13-8-12(4,5)10(14)15/h13H,6-9H2,1-5H3. The molecule has 88 valence electrons. The summed E-state index contributed by atoms with van der Waals surface area (Å²) in [5, 5.41) is 3.32. The highest BCUT2D eigenvalue weighted by Gasteiger charge is 2.35. The molecule has 3 nitrogen and oxygen atoms in total. The van der Waals surface area contributed by atoms with Crippen molar-refractivity contribution in [3.63, 3.8) is 0 Å². The summed E-state index contributed by atoms with van der Waals surface area (Å²) in [5.74, 6) is 0.280. The third-order valence-corrected chi connectivity index (χ3v) is 2.66. The van der Waals surface area contributed by atoms with Gasteiger partial charge in [-0.2, -0.15) is 0 Å². The van der Waals surface area contributed by atoms with E-state index in [4.69, 9.17) is 0 Å². The zero-order valence-electron chi connectivity index (χ0n) is 10.7. The second-order valence-corrected chi connectivity index (χ2v) is 6.35. The van der Waals surface area contributed by atoms with Crippen molar-refractivity contribution in [3.8, 4) is 0 Å². The molecule has 0 aromatic rings. The molecule has 0 bridgehead atoms. The summed E-state index contributed by atoms with van der Waals surface area (Å²) in [5.41, 5.74) is -0.0855. The van der Waals surface area contributed by atoms with Crippen molar-refractivity contribution in [2.75, 3.05) is 26.2 Å². The lowest BCUT2D eigenvalue weighted by molar-refractivity contribution is -0.140.